The molecule has 0 bridgehead atoms. The van der Waals surface area contributed by atoms with E-state index in [0.29, 0.717) is 16.3 Å². The quantitative estimate of drug-likeness (QED) is 0.723. The molecule has 0 spiro atoms. The number of hydrogen-bond donors (Lipinski definition) is 1. The molecule has 1 aromatic carbocycles. The third-order valence-corrected chi connectivity index (χ3v) is 6.36. The van der Waals surface area contributed by atoms with Crippen molar-refractivity contribution >= 4 is 50.8 Å². The van der Waals surface area contributed by atoms with Crippen LogP contribution in [0.5, 0.6) is 0 Å². The number of nitrogen functional groups attached to an aromatic ring is 1. The van der Waals surface area contributed by atoms with Crippen molar-refractivity contribution in [2.24, 2.45) is 10.9 Å². The summed E-state index contributed by atoms with van der Waals surface area (Å²) in [6.45, 7) is 4.21. The van der Waals surface area contributed by atoms with Crippen LogP contribution in [0, 0.1) is 5.92 Å². The number of allylic oxidation sites excluding steroid dienone is 1. The second-order valence-corrected chi connectivity index (χ2v) is 8.27. The predicted octanol–water partition coefficient (Wildman–Crippen LogP) is 3.23. The van der Waals surface area contributed by atoms with Crippen molar-refractivity contribution in [2.75, 3.05) is 23.7 Å². The van der Waals surface area contributed by atoms with Crippen LogP contribution in [0.25, 0.3) is 16.6 Å². The first kappa shape index (κ1) is 17.1. The number of hydrogen-bond acceptors (Lipinski definition) is 7. The highest BCUT2D eigenvalue weighted by Crippen LogP contribution is 2.33. The Hall–Kier alpha value is -3.00. The molecule has 1 saturated heterocycles. The summed E-state index contributed by atoms with van der Waals surface area (Å²) in [7, 11) is 0. The van der Waals surface area contributed by atoms with E-state index in [-0.39, 0.29) is 5.56 Å². The van der Waals surface area contributed by atoms with E-state index in [9.17, 15) is 4.79 Å². The molecule has 5 rings (SSSR count). The molecule has 8 heteroatoms. The molecule has 0 radical (unpaired) electrons. The standard InChI is InChI=1S/C20H20N6OS/c1-12-6-8-25(9-7-12)20-24-26-17(21)15(18(27)23-19(26)28-20)10-13-11-22-16-5-3-2-4-14(13)16/h2-5,10-12H,6-9,21H2,1H3/b13-10+. The Morgan fingerprint density at radius 3 is 2.86 bits per heavy atom. The second-order valence-electron chi connectivity index (χ2n) is 7.34. The summed E-state index contributed by atoms with van der Waals surface area (Å²) in [5.74, 6) is 1.05. The molecule has 2 N–H and O–H groups in total. The number of aromatic nitrogens is 3. The first-order valence-corrected chi connectivity index (χ1v) is 10.2. The van der Waals surface area contributed by atoms with Gasteiger partial charge in [-0.2, -0.15) is 9.50 Å². The Labute approximate surface area is 165 Å². The molecule has 2 aromatic heterocycles. The Bertz CT molecular complexity index is 1180. The smallest absolute Gasteiger partial charge is 0.283 e. The Kier molecular flexibility index (Phi) is 4.01. The number of para-hydroxylation sites is 1. The lowest BCUT2D eigenvalue weighted by atomic mass is 10.00. The van der Waals surface area contributed by atoms with Crippen molar-refractivity contribution in [3.05, 3.63) is 45.7 Å². The van der Waals surface area contributed by atoms with E-state index in [0.717, 1.165) is 53.8 Å². The van der Waals surface area contributed by atoms with Crippen LogP contribution in [0.15, 0.2) is 34.1 Å². The van der Waals surface area contributed by atoms with Crippen molar-refractivity contribution in [3.8, 4) is 0 Å². The monoisotopic (exact) mass is 392 g/mol. The Balaban J connectivity index is 1.57. The average Bonchev–Trinajstić information content (AvgIpc) is 3.30. The van der Waals surface area contributed by atoms with Gasteiger partial charge in [-0.05, 0) is 30.9 Å². The number of benzene rings is 1. The normalized spacial score (nSPS) is 18.3. The van der Waals surface area contributed by atoms with Gasteiger partial charge in [-0.25, -0.2) is 0 Å². The van der Waals surface area contributed by atoms with Gasteiger partial charge in [0.15, 0.2) is 0 Å². The van der Waals surface area contributed by atoms with Gasteiger partial charge in [0.1, 0.15) is 5.82 Å². The van der Waals surface area contributed by atoms with E-state index in [1.807, 2.05) is 24.3 Å². The van der Waals surface area contributed by atoms with Crippen LogP contribution < -0.4 is 16.2 Å². The molecular weight excluding hydrogens is 372 g/mol. The van der Waals surface area contributed by atoms with Gasteiger partial charge in [0, 0.05) is 30.4 Å². The molecule has 4 heterocycles. The third-order valence-electron chi connectivity index (χ3n) is 5.39. The maximum atomic E-state index is 12.7. The van der Waals surface area contributed by atoms with Crippen molar-refractivity contribution in [3.63, 3.8) is 0 Å². The van der Waals surface area contributed by atoms with E-state index < -0.39 is 0 Å². The average molecular weight is 392 g/mol. The van der Waals surface area contributed by atoms with E-state index in [2.05, 4.69) is 26.9 Å². The minimum atomic E-state index is -0.342. The van der Waals surface area contributed by atoms with Crippen LogP contribution >= 0.6 is 11.3 Å². The summed E-state index contributed by atoms with van der Waals surface area (Å²) >= 11 is 1.41. The molecule has 28 heavy (non-hydrogen) atoms. The Morgan fingerprint density at radius 2 is 2.04 bits per heavy atom. The van der Waals surface area contributed by atoms with Crippen molar-refractivity contribution in [1.82, 2.24) is 14.6 Å². The molecule has 142 valence electrons. The second kappa shape index (κ2) is 6.56. The first-order valence-electron chi connectivity index (χ1n) is 9.39. The summed E-state index contributed by atoms with van der Waals surface area (Å²) < 4.78 is 1.59. The zero-order valence-electron chi connectivity index (χ0n) is 15.5. The van der Waals surface area contributed by atoms with Gasteiger partial charge in [0.05, 0.1) is 11.3 Å². The first-order chi connectivity index (χ1) is 13.6. The molecule has 0 amide bonds. The van der Waals surface area contributed by atoms with E-state index in [1.165, 1.54) is 11.3 Å². The SMILES string of the molecule is CC1CCN(c2nn3c(N)c(/C=C4\C=Nc5ccccc54)c(=O)nc3s2)CC1. The summed E-state index contributed by atoms with van der Waals surface area (Å²) in [6.07, 6.45) is 5.80. The third kappa shape index (κ3) is 2.80. The van der Waals surface area contributed by atoms with Crippen molar-refractivity contribution < 1.29 is 0 Å². The molecule has 2 aliphatic rings. The highest BCUT2D eigenvalue weighted by molar-refractivity contribution is 7.20. The molecule has 0 aliphatic carbocycles. The lowest BCUT2D eigenvalue weighted by Crippen LogP contribution is -2.32. The zero-order chi connectivity index (χ0) is 19.3. The fourth-order valence-corrected chi connectivity index (χ4v) is 4.60. The number of nitrogens with two attached hydrogens (primary N) is 1. The molecule has 0 saturated carbocycles. The van der Waals surface area contributed by atoms with Gasteiger partial charge < -0.3 is 10.6 Å². The molecule has 0 atom stereocenters. The molecular formula is C20H20N6OS. The van der Waals surface area contributed by atoms with Crippen LogP contribution in [0.1, 0.15) is 30.9 Å². The zero-order valence-corrected chi connectivity index (χ0v) is 16.3. The number of fused-ring (bicyclic) bond motifs is 2. The lowest BCUT2D eigenvalue weighted by Gasteiger charge is -2.29. The van der Waals surface area contributed by atoms with Crippen LogP contribution in [0.3, 0.4) is 0 Å². The highest BCUT2D eigenvalue weighted by Gasteiger charge is 2.21. The Morgan fingerprint density at radius 1 is 1.25 bits per heavy atom. The largest absolute Gasteiger partial charge is 0.383 e. The number of anilines is 2. The molecule has 0 unspecified atom stereocenters. The van der Waals surface area contributed by atoms with Crippen LogP contribution in [-0.2, 0) is 0 Å². The molecule has 2 aliphatic heterocycles. The number of rotatable bonds is 2. The summed E-state index contributed by atoms with van der Waals surface area (Å²) in [4.78, 5) is 24.1. The predicted molar refractivity (Wildman–Crippen MR) is 115 cm³/mol. The minimum Gasteiger partial charge on any atom is -0.383 e. The van der Waals surface area contributed by atoms with Gasteiger partial charge in [-0.15, -0.1) is 5.10 Å². The number of aliphatic imine (C=N–C) groups is 1. The van der Waals surface area contributed by atoms with E-state index in [4.69, 9.17) is 5.73 Å². The molecule has 7 nitrogen and oxygen atoms in total. The van der Waals surface area contributed by atoms with Gasteiger partial charge in [0.2, 0.25) is 10.1 Å². The fourth-order valence-electron chi connectivity index (χ4n) is 3.64. The summed E-state index contributed by atoms with van der Waals surface area (Å²) in [6, 6.07) is 7.81. The summed E-state index contributed by atoms with van der Waals surface area (Å²) in [5.41, 5.74) is 9.06. The van der Waals surface area contributed by atoms with E-state index in [1.54, 1.807) is 16.8 Å². The van der Waals surface area contributed by atoms with Crippen LogP contribution in [-0.4, -0.2) is 33.9 Å². The van der Waals surface area contributed by atoms with Crippen LogP contribution in [0.4, 0.5) is 16.6 Å². The minimum absolute atomic E-state index is 0.313. The molecule has 1 fully saturated rings. The van der Waals surface area contributed by atoms with Crippen molar-refractivity contribution in [1.29, 1.82) is 0 Å². The number of piperidine rings is 1. The maximum absolute atomic E-state index is 12.7. The van der Waals surface area contributed by atoms with Gasteiger partial charge >= 0.3 is 0 Å². The summed E-state index contributed by atoms with van der Waals surface area (Å²) in [5, 5.41) is 5.52. The van der Waals surface area contributed by atoms with Gasteiger partial charge in [-0.3, -0.25) is 9.79 Å². The lowest BCUT2D eigenvalue weighted by molar-refractivity contribution is 0.437. The fraction of sp³-hybridized carbons (Fsp3) is 0.300. The van der Waals surface area contributed by atoms with Crippen molar-refractivity contribution in [2.45, 2.75) is 19.8 Å². The number of nitrogens with zero attached hydrogens (tertiary/aromatic N) is 5. The topological polar surface area (TPSA) is 88.9 Å². The highest BCUT2D eigenvalue weighted by atomic mass is 32.1. The van der Waals surface area contributed by atoms with E-state index >= 15 is 0 Å². The van der Waals surface area contributed by atoms with Gasteiger partial charge in [0.25, 0.3) is 5.56 Å². The van der Waals surface area contributed by atoms with Crippen LogP contribution in [0.2, 0.25) is 0 Å². The maximum Gasteiger partial charge on any atom is 0.283 e. The molecule has 3 aromatic rings. The van der Waals surface area contributed by atoms with Gasteiger partial charge in [-0.1, -0.05) is 36.5 Å².